The molecular weight excluding hydrogens is 288 g/mol. The largest absolute Gasteiger partial charge is 0.465 e. The molecule has 21 heavy (non-hydrogen) atoms. The van der Waals surface area contributed by atoms with E-state index in [-0.39, 0.29) is 12.0 Å². The molecule has 6 heteroatoms. The Hall–Kier alpha value is -0.460. The number of hydrogen-bond acceptors (Lipinski definition) is 5. The Morgan fingerprint density at radius 3 is 2.48 bits per heavy atom. The van der Waals surface area contributed by atoms with E-state index in [1.807, 2.05) is 6.92 Å². The lowest BCUT2D eigenvalue weighted by molar-refractivity contribution is -0.153. The van der Waals surface area contributed by atoms with Gasteiger partial charge in [0, 0.05) is 48.0 Å². The number of nitrogens with one attached hydrogen (secondary N) is 1. The number of rotatable bonds is 7. The SMILES string of the molecule is CCOC(=O)C(CN1CCS(=O)CC1)(NC(C)C)C1CC1. The lowest BCUT2D eigenvalue weighted by atomic mass is 9.91. The second kappa shape index (κ2) is 7.20. The number of carbonyl (C=O) groups is 1. The van der Waals surface area contributed by atoms with Crippen molar-refractivity contribution >= 4 is 16.8 Å². The van der Waals surface area contributed by atoms with Gasteiger partial charge in [-0.15, -0.1) is 0 Å². The van der Waals surface area contributed by atoms with Gasteiger partial charge in [0.15, 0.2) is 0 Å². The van der Waals surface area contributed by atoms with E-state index in [2.05, 4.69) is 24.1 Å². The second-order valence-corrected chi connectivity index (χ2v) is 8.09. The fraction of sp³-hybridized carbons (Fsp3) is 0.933. The van der Waals surface area contributed by atoms with Gasteiger partial charge in [0.25, 0.3) is 0 Å². The van der Waals surface area contributed by atoms with Crippen LogP contribution in [0.4, 0.5) is 0 Å². The van der Waals surface area contributed by atoms with Crippen molar-refractivity contribution in [2.45, 2.75) is 45.2 Å². The molecular formula is C15H28N2O3S. The summed E-state index contributed by atoms with van der Waals surface area (Å²) in [5.74, 6) is 1.68. The molecule has 1 unspecified atom stereocenters. The van der Waals surface area contributed by atoms with E-state index in [9.17, 15) is 9.00 Å². The fourth-order valence-electron chi connectivity index (χ4n) is 3.12. The molecule has 0 aromatic heterocycles. The van der Waals surface area contributed by atoms with Crippen molar-refractivity contribution in [3.63, 3.8) is 0 Å². The van der Waals surface area contributed by atoms with Gasteiger partial charge in [-0.2, -0.15) is 0 Å². The predicted octanol–water partition coefficient (Wildman–Crippen LogP) is 0.761. The first-order chi connectivity index (χ1) is 9.98. The van der Waals surface area contributed by atoms with Crippen LogP contribution in [0.15, 0.2) is 0 Å². The molecule has 0 aromatic rings. The Balaban J connectivity index is 2.13. The van der Waals surface area contributed by atoms with Gasteiger partial charge >= 0.3 is 5.97 Å². The molecule has 2 aliphatic rings. The number of ether oxygens (including phenoxy) is 1. The second-order valence-electron chi connectivity index (χ2n) is 6.39. The molecule has 1 saturated carbocycles. The van der Waals surface area contributed by atoms with E-state index in [1.54, 1.807) is 0 Å². The molecule has 0 radical (unpaired) electrons. The lowest BCUT2D eigenvalue weighted by Gasteiger charge is -2.40. The molecule has 0 spiro atoms. The van der Waals surface area contributed by atoms with Crippen LogP contribution in [-0.2, 0) is 20.3 Å². The highest BCUT2D eigenvalue weighted by Gasteiger charge is 2.53. The summed E-state index contributed by atoms with van der Waals surface area (Å²) >= 11 is 0. The zero-order chi connectivity index (χ0) is 15.5. The number of carbonyl (C=O) groups excluding carboxylic acids is 1. The van der Waals surface area contributed by atoms with Crippen molar-refractivity contribution in [2.75, 3.05) is 37.7 Å². The summed E-state index contributed by atoms with van der Waals surface area (Å²) in [7, 11) is -0.687. The number of hydrogen-bond donors (Lipinski definition) is 1. The van der Waals surface area contributed by atoms with Crippen LogP contribution >= 0.6 is 0 Å². The molecule has 0 bridgehead atoms. The molecule has 122 valence electrons. The van der Waals surface area contributed by atoms with Gasteiger partial charge in [-0.3, -0.25) is 14.4 Å². The molecule has 1 N–H and O–H groups in total. The minimum absolute atomic E-state index is 0.118. The Morgan fingerprint density at radius 2 is 2.00 bits per heavy atom. The van der Waals surface area contributed by atoms with Gasteiger partial charge in [0.05, 0.1) is 6.61 Å². The molecule has 1 saturated heterocycles. The zero-order valence-electron chi connectivity index (χ0n) is 13.4. The van der Waals surface area contributed by atoms with Crippen molar-refractivity contribution in [1.82, 2.24) is 10.2 Å². The Morgan fingerprint density at radius 1 is 1.38 bits per heavy atom. The third-order valence-corrected chi connectivity index (χ3v) is 5.48. The van der Waals surface area contributed by atoms with Crippen LogP contribution in [0.2, 0.25) is 0 Å². The first kappa shape index (κ1) is 16.9. The van der Waals surface area contributed by atoms with Crippen LogP contribution in [0.3, 0.4) is 0 Å². The highest BCUT2D eigenvalue weighted by molar-refractivity contribution is 7.85. The highest BCUT2D eigenvalue weighted by atomic mass is 32.2. The quantitative estimate of drug-likeness (QED) is 0.703. The maximum Gasteiger partial charge on any atom is 0.327 e. The van der Waals surface area contributed by atoms with Crippen LogP contribution < -0.4 is 5.32 Å². The Labute approximate surface area is 130 Å². The molecule has 0 aromatic carbocycles. The lowest BCUT2D eigenvalue weighted by Crippen LogP contribution is -2.64. The van der Waals surface area contributed by atoms with Crippen LogP contribution in [0.1, 0.15) is 33.6 Å². The summed E-state index contributed by atoms with van der Waals surface area (Å²) < 4.78 is 16.9. The Kier molecular flexibility index (Phi) is 5.80. The summed E-state index contributed by atoms with van der Waals surface area (Å²) in [6, 6.07) is 0.230. The van der Waals surface area contributed by atoms with Crippen LogP contribution in [-0.4, -0.2) is 64.4 Å². The minimum atomic E-state index is -0.687. The molecule has 0 amide bonds. The average Bonchev–Trinajstić information content (AvgIpc) is 3.25. The van der Waals surface area contributed by atoms with Gasteiger partial charge < -0.3 is 4.74 Å². The third kappa shape index (κ3) is 4.27. The normalized spacial score (nSPS) is 24.0. The maximum atomic E-state index is 12.6. The van der Waals surface area contributed by atoms with E-state index >= 15 is 0 Å². The molecule has 5 nitrogen and oxygen atoms in total. The monoisotopic (exact) mass is 316 g/mol. The zero-order valence-corrected chi connectivity index (χ0v) is 14.2. The standard InChI is InChI=1S/C15H28N2O3S/c1-4-20-14(18)15(13-5-6-13,16-12(2)3)11-17-7-9-21(19)10-8-17/h12-13,16H,4-11H2,1-3H3. The van der Waals surface area contributed by atoms with Gasteiger partial charge in [-0.05, 0) is 39.5 Å². The van der Waals surface area contributed by atoms with Crippen LogP contribution in [0, 0.1) is 5.92 Å². The fourth-order valence-corrected chi connectivity index (χ4v) is 4.25. The molecule has 2 fully saturated rings. The maximum absolute atomic E-state index is 12.6. The molecule has 1 aliphatic carbocycles. The smallest absolute Gasteiger partial charge is 0.327 e. The topological polar surface area (TPSA) is 58.6 Å². The number of esters is 1. The summed E-state index contributed by atoms with van der Waals surface area (Å²) in [5.41, 5.74) is -0.594. The summed E-state index contributed by atoms with van der Waals surface area (Å²) in [6.45, 7) is 8.70. The van der Waals surface area contributed by atoms with Crippen LogP contribution in [0.5, 0.6) is 0 Å². The predicted molar refractivity (Wildman–Crippen MR) is 84.7 cm³/mol. The van der Waals surface area contributed by atoms with Gasteiger partial charge in [0.1, 0.15) is 5.54 Å². The van der Waals surface area contributed by atoms with E-state index in [0.29, 0.717) is 30.6 Å². The first-order valence-corrected chi connectivity index (χ1v) is 9.49. The van der Waals surface area contributed by atoms with Crippen molar-refractivity contribution in [3.8, 4) is 0 Å². The van der Waals surface area contributed by atoms with E-state index < -0.39 is 16.3 Å². The molecule has 1 aliphatic heterocycles. The summed E-state index contributed by atoms with van der Waals surface area (Å²) in [5, 5.41) is 3.51. The summed E-state index contributed by atoms with van der Waals surface area (Å²) in [4.78, 5) is 14.9. The van der Waals surface area contributed by atoms with Gasteiger partial charge in [0.2, 0.25) is 0 Å². The molecule has 1 atom stereocenters. The van der Waals surface area contributed by atoms with Gasteiger partial charge in [-0.25, -0.2) is 4.79 Å². The van der Waals surface area contributed by atoms with Crippen molar-refractivity contribution in [3.05, 3.63) is 0 Å². The highest BCUT2D eigenvalue weighted by Crippen LogP contribution is 2.41. The van der Waals surface area contributed by atoms with E-state index in [4.69, 9.17) is 4.74 Å². The summed E-state index contributed by atoms with van der Waals surface area (Å²) in [6.07, 6.45) is 2.16. The van der Waals surface area contributed by atoms with E-state index in [0.717, 1.165) is 25.9 Å². The molecule has 1 heterocycles. The van der Waals surface area contributed by atoms with Crippen molar-refractivity contribution in [1.29, 1.82) is 0 Å². The van der Waals surface area contributed by atoms with Crippen molar-refractivity contribution in [2.24, 2.45) is 5.92 Å². The van der Waals surface area contributed by atoms with E-state index in [1.165, 1.54) is 0 Å². The Bertz CT molecular complexity index is 388. The molecule has 2 rings (SSSR count). The number of nitrogens with zero attached hydrogens (tertiary/aromatic N) is 1. The first-order valence-electron chi connectivity index (χ1n) is 8.00. The average molecular weight is 316 g/mol. The van der Waals surface area contributed by atoms with Crippen molar-refractivity contribution < 1.29 is 13.7 Å². The minimum Gasteiger partial charge on any atom is -0.465 e. The third-order valence-electron chi connectivity index (χ3n) is 4.20. The van der Waals surface area contributed by atoms with Crippen LogP contribution in [0.25, 0.3) is 0 Å². The van der Waals surface area contributed by atoms with Gasteiger partial charge in [-0.1, -0.05) is 0 Å².